The van der Waals surface area contributed by atoms with E-state index in [9.17, 15) is 10.2 Å². The summed E-state index contributed by atoms with van der Waals surface area (Å²) in [6, 6.07) is 0. The van der Waals surface area contributed by atoms with Gasteiger partial charge in [0.25, 0.3) is 0 Å². The third-order valence-corrected chi connectivity index (χ3v) is 2.79. The summed E-state index contributed by atoms with van der Waals surface area (Å²) in [6.07, 6.45) is 0.0391. The van der Waals surface area contributed by atoms with Crippen LogP contribution in [0.3, 0.4) is 0 Å². The third kappa shape index (κ3) is 1.97. The summed E-state index contributed by atoms with van der Waals surface area (Å²) in [6.45, 7) is 4.92. The molecule has 0 bridgehead atoms. The number of aliphatic hydroxyl groups excluding tert-OH is 2. The molecule has 4 unspecified atom stereocenters. The zero-order valence-corrected chi connectivity index (χ0v) is 7.73. The zero-order chi connectivity index (χ0) is 9.14. The molecule has 0 radical (unpaired) electrons. The Hall–Kier alpha value is -0.120. The molecule has 0 aromatic heterocycles. The van der Waals surface area contributed by atoms with Gasteiger partial charge in [0, 0.05) is 5.92 Å². The Morgan fingerprint density at radius 2 is 2.17 bits per heavy atom. The van der Waals surface area contributed by atoms with Gasteiger partial charge in [0.15, 0.2) is 0 Å². The number of aliphatic hydroxyl groups is 2. The Balaban J connectivity index is 2.45. The first kappa shape index (κ1) is 9.96. The Kier molecular flexibility index (Phi) is 3.50. The summed E-state index contributed by atoms with van der Waals surface area (Å²) in [4.78, 5) is 0. The minimum Gasteiger partial charge on any atom is -0.393 e. The molecular formula is C9H18O3. The first-order valence-corrected chi connectivity index (χ1v) is 4.60. The quantitative estimate of drug-likeness (QED) is 0.651. The van der Waals surface area contributed by atoms with Crippen LogP contribution in [0, 0.1) is 11.8 Å². The van der Waals surface area contributed by atoms with Crippen LogP contribution in [-0.4, -0.2) is 35.6 Å². The van der Waals surface area contributed by atoms with Crippen molar-refractivity contribution in [3.05, 3.63) is 0 Å². The minimum absolute atomic E-state index is 0.111. The van der Waals surface area contributed by atoms with E-state index in [0.29, 0.717) is 13.2 Å². The lowest BCUT2D eigenvalue weighted by Gasteiger charge is -2.24. The average molecular weight is 174 g/mol. The molecule has 0 spiro atoms. The summed E-state index contributed by atoms with van der Waals surface area (Å²) in [7, 11) is 0. The molecule has 1 aliphatic rings. The Bertz CT molecular complexity index is 138. The van der Waals surface area contributed by atoms with E-state index in [1.165, 1.54) is 0 Å². The van der Waals surface area contributed by atoms with Crippen molar-refractivity contribution in [2.24, 2.45) is 11.8 Å². The second-order valence-corrected chi connectivity index (χ2v) is 3.60. The molecule has 0 aliphatic carbocycles. The maximum atomic E-state index is 9.54. The SMILES string of the molecule is CCC(O)C(C)C1COCC1O. The van der Waals surface area contributed by atoms with Gasteiger partial charge in [-0.3, -0.25) is 0 Å². The number of hydrogen-bond donors (Lipinski definition) is 2. The maximum Gasteiger partial charge on any atom is 0.0827 e. The van der Waals surface area contributed by atoms with Crippen LogP contribution in [0.2, 0.25) is 0 Å². The van der Waals surface area contributed by atoms with Crippen molar-refractivity contribution in [1.82, 2.24) is 0 Å². The topological polar surface area (TPSA) is 49.7 Å². The van der Waals surface area contributed by atoms with Gasteiger partial charge >= 0.3 is 0 Å². The highest BCUT2D eigenvalue weighted by molar-refractivity contribution is 4.81. The van der Waals surface area contributed by atoms with Crippen molar-refractivity contribution in [2.75, 3.05) is 13.2 Å². The number of hydrogen-bond acceptors (Lipinski definition) is 3. The fraction of sp³-hybridized carbons (Fsp3) is 1.00. The number of ether oxygens (including phenoxy) is 1. The van der Waals surface area contributed by atoms with Crippen LogP contribution in [0.4, 0.5) is 0 Å². The van der Waals surface area contributed by atoms with Crippen LogP contribution in [0.1, 0.15) is 20.3 Å². The third-order valence-electron chi connectivity index (χ3n) is 2.79. The molecular weight excluding hydrogens is 156 g/mol. The fourth-order valence-corrected chi connectivity index (χ4v) is 1.72. The number of rotatable bonds is 3. The molecule has 2 N–H and O–H groups in total. The van der Waals surface area contributed by atoms with Crippen LogP contribution in [0.15, 0.2) is 0 Å². The highest BCUT2D eigenvalue weighted by Crippen LogP contribution is 2.25. The van der Waals surface area contributed by atoms with Crippen LogP contribution in [0.25, 0.3) is 0 Å². The lowest BCUT2D eigenvalue weighted by Crippen LogP contribution is -2.32. The second-order valence-electron chi connectivity index (χ2n) is 3.60. The summed E-state index contributed by atoms with van der Waals surface area (Å²) in [5.41, 5.74) is 0. The monoisotopic (exact) mass is 174 g/mol. The van der Waals surface area contributed by atoms with Gasteiger partial charge in [0.1, 0.15) is 0 Å². The molecule has 1 saturated heterocycles. The standard InChI is InChI=1S/C9H18O3/c1-3-8(10)6(2)7-4-12-5-9(7)11/h6-11H,3-5H2,1-2H3. The van der Waals surface area contributed by atoms with Crippen LogP contribution in [-0.2, 0) is 4.74 Å². The second kappa shape index (κ2) is 4.21. The average Bonchev–Trinajstić information content (AvgIpc) is 2.48. The Morgan fingerprint density at radius 1 is 1.50 bits per heavy atom. The first-order valence-electron chi connectivity index (χ1n) is 4.60. The van der Waals surface area contributed by atoms with E-state index in [2.05, 4.69) is 0 Å². The first-order chi connectivity index (χ1) is 5.66. The highest BCUT2D eigenvalue weighted by atomic mass is 16.5. The molecule has 0 aromatic rings. The fourth-order valence-electron chi connectivity index (χ4n) is 1.72. The van der Waals surface area contributed by atoms with Crippen molar-refractivity contribution in [1.29, 1.82) is 0 Å². The normalized spacial score (nSPS) is 35.0. The smallest absolute Gasteiger partial charge is 0.0827 e. The summed E-state index contributed by atoms with van der Waals surface area (Å²) in [5, 5.41) is 19.0. The van der Waals surface area contributed by atoms with Gasteiger partial charge in [-0.1, -0.05) is 13.8 Å². The lowest BCUT2D eigenvalue weighted by atomic mass is 9.86. The van der Waals surface area contributed by atoms with Crippen molar-refractivity contribution in [3.63, 3.8) is 0 Å². The Labute approximate surface area is 73.4 Å². The van der Waals surface area contributed by atoms with E-state index in [-0.39, 0.29) is 24.0 Å². The molecule has 0 amide bonds. The summed E-state index contributed by atoms with van der Waals surface area (Å²) in [5.74, 6) is 0.243. The lowest BCUT2D eigenvalue weighted by molar-refractivity contribution is 0.0373. The van der Waals surface area contributed by atoms with E-state index < -0.39 is 0 Å². The van der Waals surface area contributed by atoms with Gasteiger partial charge in [-0.05, 0) is 12.3 Å². The van der Waals surface area contributed by atoms with E-state index in [0.717, 1.165) is 6.42 Å². The van der Waals surface area contributed by atoms with E-state index >= 15 is 0 Å². The van der Waals surface area contributed by atoms with Gasteiger partial charge in [0.2, 0.25) is 0 Å². The highest BCUT2D eigenvalue weighted by Gasteiger charge is 2.33. The molecule has 1 fully saturated rings. The molecule has 72 valence electrons. The molecule has 0 aromatic carbocycles. The largest absolute Gasteiger partial charge is 0.393 e. The maximum absolute atomic E-state index is 9.54. The van der Waals surface area contributed by atoms with E-state index in [4.69, 9.17) is 4.74 Å². The van der Waals surface area contributed by atoms with Crippen LogP contribution >= 0.6 is 0 Å². The molecule has 1 rings (SSSR count). The van der Waals surface area contributed by atoms with E-state index in [1.807, 2.05) is 13.8 Å². The molecule has 1 aliphatic heterocycles. The molecule has 3 heteroatoms. The predicted molar refractivity (Wildman–Crippen MR) is 45.8 cm³/mol. The zero-order valence-electron chi connectivity index (χ0n) is 7.73. The van der Waals surface area contributed by atoms with Crippen molar-refractivity contribution < 1.29 is 14.9 Å². The minimum atomic E-state index is -0.388. The molecule has 12 heavy (non-hydrogen) atoms. The molecule has 0 saturated carbocycles. The van der Waals surface area contributed by atoms with Gasteiger partial charge in [0.05, 0.1) is 25.4 Å². The molecule has 4 atom stereocenters. The molecule has 3 nitrogen and oxygen atoms in total. The van der Waals surface area contributed by atoms with Crippen molar-refractivity contribution in [3.8, 4) is 0 Å². The van der Waals surface area contributed by atoms with Crippen molar-refractivity contribution >= 4 is 0 Å². The van der Waals surface area contributed by atoms with Gasteiger partial charge in [-0.2, -0.15) is 0 Å². The van der Waals surface area contributed by atoms with Crippen molar-refractivity contribution in [2.45, 2.75) is 32.5 Å². The Morgan fingerprint density at radius 3 is 2.58 bits per heavy atom. The molecule has 1 heterocycles. The van der Waals surface area contributed by atoms with Gasteiger partial charge in [-0.25, -0.2) is 0 Å². The van der Waals surface area contributed by atoms with Crippen LogP contribution < -0.4 is 0 Å². The van der Waals surface area contributed by atoms with Gasteiger partial charge in [-0.15, -0.1) is 0 Å². The van der Waals surface area contributed by atoms with E-state index in [1.54, 1.807) is 0 Å². The summed E-state index contributed by atoms with van der Waals surface area (Å²) >= 11 is 0. The summed E-state index contributed by atoms with van der Waals surface area (Å²) < 4.78 is 5.12. The predicted octanol–water partition coefficient (Wildman–Crippen LogP) is 0.401. The van der Waals surface area contributed by atoms with Gasteiger partial charge < -0.3 is 14.9 Å². The van der Waals surface area contributed by atoms with Crippen LogP contribution in [0.5, 0.6) is 0 Å².